The molecule has 3 unspecified atom stereocenters. The summed E-state index contributed by atoms with van der Waals surface area (Å²) in [7, 11) is 4.04. The van der Waals surface area contributed by atoms with Gasteiger partial charge < -0.3 is 20.8 Å². The molecule has 0 aromatic heterocycles. The molecule has 0 spiro atoms. The molecular formula is C15H25N3O2. The molecule has 1 aliphatic rings. The van der Waals surface area contributed by atoms with Crippen LogP contribution in [0, 0.1) is 0 Å². The quantitative estimate of drug-likeness (QED) is 0.676. The molecule has 0 amide bonds. The fourth-order valence-corrected chi connectivity index (χ4v) is 2.93. The number of benzene rings is 1. The highest BCUT2D eigenvalue weighted by molar-refractivity contribution is 5.47. The molecule has 2 rings (SSSR count). The van der Waals surface area contributed by atoms with Gasteiger partial charge in [0, 0.05) is 36.9 Å². The Kier molecular flexibility index (Phi) is 4.99. The van der Waals surface area contributed by atoms with Crippen molar-refractivity contribution in [3.8, 4) is 0 Å². The van der Waals surface area contributed by atoms with Crippen LogP contribution in [0.25, 0.3) is 0 Å². The Morgan fingerprint density at radius 1 is 1.40 bits per heavy atom. The van der Waals surface area contributed by atoms with E-state index in [0.717, 1.165) is 18.5 Å². The lowest BCUT2D eigenvalue weighted by Gasteiger charge is -2.28. The molecule has 1 fully saturated rings. The molecule has 1 aromatic carbocycles. The number of hydrogen-bond donors (Lipinski definition) is 3. The van der Waals surface area contributed by atoms with Crippen molar-refractivity contribution in [1.29, 1.82) is 0 Å². The maximum Gasteiger partial charge on any atom is 0.0936 e. The van der Waals surface area contributed by atoms with E-state index >= 15 is 0 Å². The molecule has 20 heavy (non-hydrogen) atoms. The van der Waals surface area contributed by atoms with Gasteiger partial charge in [0.2, 0.25) is 0 Å². The highest BCUT2D eigenvalue weighted by atomic mass is 16.3. The number of aliphatic hydroxyl groups excluding tert-OH is 2. The molecule has 1 aliphatic heterocycles. The molecule has 112 valence electrons. The third kappa shape index (κ3) is 3.70. The van der Waals surface area contributed by atoms with E-state index in [4.69, 9.17) is 5.73 Å². The molecule has 5 nitrogen and oxygen atoms in total. The molecule has 0 bridgehead atoms. The zero-order valence-electron chi connectivity index (χ0n) is 12.2. The largest absolute Gasteiger partial charge is 0.398 e. The molecule has 1 heterocycles. The lowest BCUT2D eigenvalue weighted by atomic mass is 10.1. The summed E-state index contributed by atoms with van der Waals surface area (Å²) >= 11 is 0. The smallest absolute Gasteiger partial charge is 0.0936 e. The van der Waals surface area contributed by atoms with Crippen LogP contribution in [0.5, 0.6) is 0 Å². The van der Waals surface area contributed by atoms with E-state index in [1.165, 1.54) is 0 Å². The van der Waals surface area contributed by atoms with Gasteiger partial charge >= 0.3 is 0 Å². The van der Waals surface area contributed by atoms with Gasteiger partial charge in [-0.3, -0.25) is 4.90 Å². The van der Waals surface area contributed by atoms with Crippen molar-refractivity contribution < 1.29 is 10.2 Å². The zero-order chi connectivity index (χ0) is 14.7. The van der Waals surface area contributed by atoms with Gasteiger partial charge in [0.15, 0.2) is 0 Å². The van der Waals surface area contributed by atoms with Gasteiger partial charge in [0.1, 0.15) is 0 Å². The van der Waals surface area contributed by atoms with Crippen molar-refractivity contribution in [3.63, 3.8) is 0 Å². The van der Waals surface area contributed by atoms with Gasteiger partial charge in [0.25, 0.3) is 0 Å². The van der Waals surface area contributed by atoms with Crippen molar-refractivity contribution in [2.45, 2.75) is 24.7 Å². The van der Waals surface area contributed by atoms with Crippen LogP contribution >= 0.6 is 0 Å². The van der Waals surface area contributed by atoms with E-state index in [9.17, 15) is 10.2 Å². The lowest BCUT2D eigenvalue weighted by molar-refractivity contribution is 0.0929. The Bertz CT molecular complexity index is 439. The van der Waals surface area contributed by atoms with Gasteiger partial charge in [0.05, 0.1) is 12.2 Å². The first-order chi connectivity index (χ1) is 9.47. The second kappa shape index (κ2) is 6.54. The Hall–Kier alpha value is -1.14. The molecule has 5 heteroatoms. The number of likely N-dealkylation sites (tertiary alicyclic amines) is 1. The number of nitrogens with two attached hydrogens (primary N) is 1. The van der Waals surface area contributed by atoms with Crippen molar-refractivity contribution in [2.24, 2.45) is 0 Å². The van der Waals surface area contributed by atoms with Crippen LogP contribution < -0.4 is 5.73 Å². The van der Waals surface area contributed by atoms with Crippen molar-refractivity contribution >= 4 is 5.69 Å². The highest BCUT2D eigenvalue weighted by Gasteiger charge is 2.32. The Morgan fingerprint density at radius 2 is 2.10 bits per heavy atom. The predicted molar refractivity (Wildman–Crippen MR) is 80.4 cm³/mol. The summed E-state index contributed by atoms with van der Waals surface area (Å²) in [6.07, 6.45) is -0.166. The molecule has 0 aliphatic carbocycles. The maximum atomic E-state index is 10.4. The van der Waals surface area contributed by atoms with Crippen LogP contribution in [-0.2, 0) is 0 Å². The maximum absolute atomic E-state index is 10.4. The Balaban J connectivity index is 2.02. The number of aliphatic hydroxyl groups is 2. The van der Waals surface area contributed by atoms with Crippen LogP contribution in [0.2, 0.25) is 0 Å². The van der Waals surface area contributed by atoms with Crippen molar-refractivity contribution in [1.82, 2.24) is 9.80 Å². The van der Waals surface area contributed by atoms with Crippen molar-refractivity contribution in [2.75, 3.05) is 39.5 Å². The summed E-state index contributed by atoms with van der Waals surface area (Å²) in [6.45, 7) is 2.00. The number of nitrogens with zero attached hydrogens (tertiary/aromatic N) is 2. The number of anilines is 1. The second-order valence-corrected chi connectivity index (χ2v) is 5.90. The third-order valence-electron chi connectivity index (χ3n) is 3.84. The molecule has 1 aromatic rings. The minimum atomic E-state index is -0.619. The molecular weight excluding hydrogens is 254 g/mol. The van der Waals surface area contributed by atoms with Crippen LogP contribution in [0.1, 0.15) is 18.1 Å². The normalized spacial score (nSPS) is 25.2. The fraction of sp³-hybridized carbons (Fsp3) is 0.600. The van der Waals surface area contributed by atoms with Crippen molar-refractivity contribution in [3.05, 3.63) is 29.8 Å². The summed E-state index contributed by atoms with van der Waals surface area (Å²) in [4.78, 5) is 4.26. The minimum Gasteiger partial charge on any atom is -0.398 e. The van der Waals surface area contributed by atoms with E-state index in [0.29, 0.717) is 18.8 Å². The molecule has 1 saturated heterocycles. The first-order valence-electron chi connectivity index (χ1n) is 7.06. The van der Waals surface area contributed by atoms with Crippen LogP contribution in [0.3, 0.4) is 0 Å². The number of nitrogen functional groups attached to an aromatic ring is 1. The van der Waals surface area contributed by atoms with E-state index in [1.807, 2.05) is 32.3 Å². The molecule has 4 N–H and O–H groups in total. The molecule has 0 radical (unpaired) electrons. The number of likely N-dealkylation sites (N-methyl/N-ethyl adjacent to an activating group) is 1. The number of para-hydroxylation sites is 1. The van der Waals surface area contributed by atoms with Gasteiger partial charge in [-0.25, -0.2) is 0 Å². The Morgan fingerprint density at radius 3 is 2.75 bits per heavy atom. The van der Waals surface area contributed by atoms with Gasteiger partial charge in [-0.2, -0.15) is 0 Å². The Labute approximate surface area is 120 Å². The van der Waals surface area contributed by atoms with Crippen LogP contribution in [0.15, 0.2) is 24.3 Å². The van der Waals surface area contributed by atoms with E-state index in [-0.39, 0.29) is 12.1 Å². The highest BCUT2D eigenvalue weighted by Crippen LogP contribution is 2.25. The fourth-order valence-electron chi connectivity index (χ4n) is 2.93. The van der Waals surface area contributed by atoms with E-state index < -0.39 is 6.10 Å². The standard InChI is InChI=1S/C15H25N3O2/c1-17(2)8-11-7-12(19)9-18(11)10-15(20)13-5-3-4-6-14(13)16/h3-6,11-12,15,19-20H,7-10,16H2,1-2H3. The summed E-state index contributed by atoms with van der Waals surface area (Å²) in [5, 5.41) is 20.2. The lowest BCUT2D eigenvalue weighted by Crippen LogP contribution is -2.39. The predicted octanol–water partition coefficient (Wildman–Crippen LogP) is 0.299. The summed E-state index contributed by atoms with van der Waals surface area (Å²) in [5.74, 6) is 0. The molecule has 0 saturated carbocycles. The SMILES string of the molecule is CN(C)CC1CC(O)CN1CC(O)c1ccccc1N. The van der Waals surface area contributed by atoms with Gasteiger partial charge in [-0.05, 0) is 26.6 Å². The van der Waals surface area contributed by atoms with Gasteiger partial charge in [-0.15, -0.1) is 0 Å². The third-order valence-corrected chi connectivity index (χ3v) is 3.84. The first-order valence-corrected chi connectivity index (χ1v) is 7.06. The summed E-state index contributed by atoms with van der Waals surface area (Å²) < 4.78 is 0. The summed E-state index contributed by atoms with van der Waals surface area (Å²) in [5.41, 5.74) is 7.28. The monoisotopic (exact) mass is 279 g/mol. The van der Waals surface area contributed by atoms with Crippen LogP contribution in [-0.4, -0.2) is 65.9 Å². The molecule has 3 atom stereocenters. The number of hydrogen-bond acceptors (Lipinski definition) is 5. The average Bonchev–Trinajstić information content (AvgIpc) is 2.68. The van der Waals surface area contributed by atoms with E-state index in [1.54, 1.807) is 6.07 Å². The van der Waals surface area contributed by atoms with Crippen LogP contribution in [0.4, 0.5) is 5.69 Å². The zero-order valence-corrected chi connectivity index (χ0v) is 12.2. The minimum absolute atomic E-state index is 0.277. The number of β-amino-alcohol motifs (C(OH)–C–C–N with tert-alkyl or cyclic N) is 2. The number of rotatable bonds is 5. The topological polar surface area (TPSA) is 73.0 Å². The average molecular weight is 279 g/mol. The first kappa shape index (κ1) is 15.3. The van der Waals surface area contributed by atoms with E-state index in [2.05, 4.69) is 9.80 Å². The second-order valence-electron chi connectivity index (χ2n) is 5.90. The summed E-state index contributed by atoms with van der Waals surface area (Å²) in [6, 6.07) is 7.67. The van der Waals surface area contributed by atoms with Gasteiger partial charge in [-0.1, -0.05) is 18.2 Å².